The first kappa shape index (κ1) is 12.7. The Bertz CT molecular complexity index is 767. The Morgan fingerprint density at radius 1 is 1.30 bits per heavy atom. The maximum absolute atomic E-state index is 5.31. The number of nitrogens with one attached hydrogen (secondary N) is 1. The molecule has 7 heteroatoms. The van der Waals surface area contributed by atoms with Crippen molar-refractivity contribution in [3.05, 3.63) is 46.3 Å². The topological polar surface area (TPSA) is 72.5 Å². The number of aromatic nitrogens is 5. The van der Waals surface area contributed by atoms with E-state index in [4.69, 9.17) is 16.7 Å². The third kappa shape index (κ3) is 2.16. The van der Waals surface area contributed by atoms with Crippen LogP contribution in [0.5, 0.6) is 0 Å². The maximum Gasteiger partial charge on any atom is 0.195 e. The Morgan fingerprint density at radius 3 is 2.70 bits per heavy atom. The average Bonchev–Trinajstić information content (AvgIpc) is 2.98. The minimum Gasteiger partial charge on any atom is -0.361 e. The molecule has 6 nitrogen and oxygen atoms in total. The summed E-state index contributed by atoms with van der Waals surface area (Å²) >= 11 is 5.31. The molecule has 102 valence electrons. The Labute approximate surface area is 120 Å². The molecule has 3 heterocycles. The van der Waals surface area contributed by atoms with Crippen molar-refractivity contribution in [3.8, 4) is 11.4 Å². The molecule has 3 aromatic heterocycles. The molecule has 0 atom stereocenters. The molecule has 0 unspecified atom stereocenters. The summed E-state index contributed by atoms with van der Waals surface area (Å²) in [4.78, 5) is 4.01. The highest BCUT2D eigenvalue weighted by Gasteiger charge is 2.14. The second-order valence-electron chi connectivity index (χ2n) is 4.48. The van der Waals surface area contributed by atoms with Crippen LogP contribution < -0.4 is 0 Å². The van der Waals surface area contributed by atoms with Crippen molar-refractivity contribution in [3.63, 3.8) is 0 Å². The highest BCUT2D eigenvalue weighted by atomic mass is 32.1. The monoisotopic (exact) mass is 287 g/mol. The molecule has 3 aromatic rings. The lowest BCUT2D eigenvalue weighted by Crippen LogP contribution is -2.04. The van der Waals surface area contributed by atoms with Crippen molar-refractivity contribution < 1.29 is 4.52 Å². The van der Waals surface area contributed by atoms with Gasteiger partial charge < -0.3 is 4.52 Å². The molecule has 0 aliphatic carbocycles. The summed E-state index contributed by atoms with van der Waals surface area (Å²) < 4.78 is 7.69. The van der Waals surface area contributed by atoms with Gasteiger partial charge in [-0.15, -0.1) is 0 Å². The molecule has 0 saturated carbocycles. The predicted molar refractivity (Wildman–Crippen MR) is 75.7 cm³/mol. The van der Waals surface area contributed by atoms with E-state index in [0.717, 1.165) is 28.4 Å². The number of nitrogens with zero attached hydrogens (tertiary/aromatic N) is 4. The third-order valence-electron chi connectivity index (χ3n) is 3.19. The number of pyridine rings is 1. The fourth-order valence-corrected chi connectivity index (χ4v) is 2.27. The molecular formula is C13H13N5OS. The second kappa shape index (κ2) is 5.01. The lowest BCUT2D eigenvalue weighted by atomic mass is 10.2. The van der Waals surface area contributed by atoms with E-state index in [-0.39, 0.29) is 0 Å². The summed E-state index contributed by atoms with van der Waals surface area (Å²) in [6, 6.07) is 3.80. The van der Waals surface area contributed by atoms with Crippen LogP contribution in [0.15, 0.2) is 29.0 Å². The molecule has 0 aliphatic heterocycles. The van der Waals surface area contributed by atoms with E-state index in [1.54, 1.807) is 12.4 Å². The van der Waals surface area contributed by atoms with Gasteiger partial charge in [0.1, 0.15) is 5.76 Å². The smallest absolute Gasteiger partial charge is 0.195 e. The molecular weight excluding hydrogens is 274 g/mol. The van der Waals surface area contributed by atoms with Gasteiger partial charge in [-0.3, -0.25) is 14.6 Å². The molecule has 3 rings (SSSR count). The van der Waals surface area contributed by atoms with Crippen molar-refractivity contribution in [2.45, 2.75) is 20.4 Å². The lowest BCUT2D eigenvalue weighted by Gasteiger charge is -2.06. The fraction of sp³-hybridized carbons (Fsp3) is 0.231. The number of hydrogen-bond acceptors (Lipinski definition) is 5. The summed E-state index contributed by atoms with van der Waals surface area (Å²) in [7, 11) is 0. The fourth-order valence-electron chi connectivity index (χ4n) is 2.07. The Kier molecular flexibility index (Phi) is 3.19. The zero-order valence-electron chi connectivity index (χ0n) is 11.1. The van der Waals surface area contributed by atoms with Gasteiger partial charge in [-0.2, -0.15) is 5.10 Å². The van der Waals surface area contributed by atoms with Crippen LogP contribution in [0.1, 0.15) is 17.0 Å². The number of hydrogen-bond donors (Lipinski definition) is 1. The predicted octanol–water partition coefficient (Wildman–Crippen LogP) is 2.66. The van der Waals surface area contributed by atoms with Crippen molar-refractivity contribution in [1.82, 2.24) is 24.9 Å². The van der Waals surface area contributed by atoms with Crippen molar-refractivity contribution in [2.75, 3.05) is 0 Å². The van der Waals surface area contributed by atoms with E-state index < -0.39 is 0 Å². The number of aryl methyl sites for hydroxylation is 2. The first-order valence-electron chi connectivity index (χ1n) is 6.14. The molecule has 0 amide bonds. The lowest BCUT2D eigenvalue weighted by molar-refractivity contribution is 0.392. The molecule has 20 heavy (non-hydrogen) atoms. The van der Waals surface area contributed by atoms with Crippen LogP contribution >= 0.6 is 12.2 Å². The molecule has 0 spiro atoms. The van der Waals surface area contributed by atoms with Crippen LogP contribution in [-0.2, 0) is 6.54 Å². The van der Waals surface area contributed by atoms with Gasteiger partial charge in [-0.05, 0) is 38.2 Å². The quantitative estimate of drug-likeness (QED) is 0.750. The normalized spacial score (nSPS) is 10.9. The largest absolute Gasteiger partial charge is 0.361 e. The highest BCUT2D eigenvalue weighted by molar-refractivity contribution is 7.71. The minimum atomic E-state index is 0.566. The van der Waals surface area contributed by atoms with Gasteiger partial charge in [-0.1, -0.05) is 5.16 Å². The number of H-pyrrole nitrogens is 1. The summed E-state index contributed by atoms with van der Waals surface area (Å²) in [6.07, 6.45) is 3.46. The zero-order valence-corrected chi connectivity index (χ0v) is 11.9. The van der Waals surface area contributed by atoms with Gasteiger partial charge in [0, 0.05) is 23.5 Å². The average molecular weight is 287 g/mol. The second-order valence-corrected chi connectivity index (χ2v) is 4.86. The summed E-state index contributed by atoms with van der Waals surface area (Å²) in [5.41, 5.74) is 2.85. The van der Waals surface area contributed by atoms with E-state index in [1.165, 1.54) is 0 Å². The van der Waals surface area contributed by atoms with Gasteiger partial charge in [0.15, 0.2) is 10.6 Å². The maximum atomic E-state index is 5.31. The van der Waals surface area contributed by atoms with Crippen molar-refractivity contribution >= 4 is 12.2 Å². The molecule has 0 bridgehead atoms. The summed E-state index contributed by atoms with van der Waals surface area (Å²) in [5, 5.41) is 11.1. The standard InChI is InChI=1S/C13H13N5OS/c1-8-11(9(2)19-17-8)7-18-12(15-16-13(18)20)10-3-5-14-6-4-10/h3-6H,7H2,1-2H3,(H,16,20). The van der Waals surface area contributed by atoms with Crippen LogP contribution in [0.4, 0.5) is 0 Å². The minimum absolute atomic E-state index is 0.566. The molecule has 0 aromatic carbocycles. The number of rotatable bonds is 3. The molecule has 0 saturated heterocycles. The third-order valence-corrected chi connectivity index (χ3v) is 3.51. The van der Waals surface area contributed by atoms with Crippen molar-refractivity contribution in [1.29, 1.82) is 0 Å². The van der Waals surface area contributed by atoms with Gasteiger partial charge in [0.05, 0.1) is 12.2 Å². The number of aromatic amines is 1. The van der Waals surface area contributed by atoms with E-state index in [1.807, 2.05) is 30.5 Å². The van der Waals surface area contributed by atoms with E-state index in [9.17, 15) is 0 Å². The summed E-state index contributed by atoms with van der Waals surface area (Å²) in [6.45, 7) is 4.39. The van der Waals surface area contributed by atoms with Gasteiger partial charge in [0.25, 0.3) is 0 Å². The first-order valence-corrected chi connectivity index (χ1v) is 6.55. The van der Waals surface area contributed by atoms with Crippen LogP contribution in [0.25, 0.3) is 11.4 Å². The van der Waals surface area contributed by atoms with E-state index in [0.29, 0.717) is 11.3 Å². The first-order chi connectivity index (χ1) is 9.66. The van der Waals surface area contributed by atoms with Crippen LogP contribution in [0.2, 0.25) is 0 Å². The van der Waals surface area contributed by atoms with Gasteiger partial charge >= 0.3 is 0 Å². The van der Waals surface area contributed by atoms with E-state index >= 15 is 0 Å². The van der Waals surface area contributed by atoms with Gasteiger partial charge in [-0.25, -0.2) is 0 Å². The molecule has 0 radical (unpaired) electrons. The Balaban J connectivity index is 2.07. The molecule has 0 aliphatic rings. The summed E-state index contributed by atoms with van der Waals surface area (Å²) in [5.74, 6) is 1.57. The van der Waals surface area contributed by atoms with Crippen LogP contribution in [0.3, 0.4) is 0 Å². The zero-order chi connectivity index (χ0) is 14.1. The SMILES string of the molecule is Cc1noc(C)c1Cn1c(-c2ccncc2)n[nH]c1=S. The molecule has 1 N–H and O–H groups in total. The molecule has 0 fully saturated rings. The van der Waals surface area contributed by atoms with Crippen molar-refractivity contribution in [2.24, 2.45) is 0 Å². The Hall–Kier alpha value is -2.28. The van der Waals surface area contributed by atoms with E-state index in [2.05, 4.69) is 20.3 Å². The Morgan fingerprint density at radius 2 is 2.05 bits per heavy atom. The van der Waals surface area contributed by atoms with Crippen LogP contribution in [-0.4, -0.2) is 24.9 Å². The van der Waals surface area contributed by atoms with Crippen LogP contribution in [0, 0.1) is 18.6 Å². The highest BCUT2D eigenvalue weighted by Crippen LogP contribution is 2.20. The van der Waals surface area contributed by atoms with Gasteiger partial charge in [0.2, 0.25) is 0 Å².